The Morgan fingerprint density at radius 3 is 2.45 bits per heavy atom. The van der Waals surface area contributed by atoms with Gasteiger partial charge in [-0.05, 0) is 43.4 Å². The van der Waals surface area contributed by atoms with Crippen molar-refractivity contribution in [3.63, 3.8) is 0 Å². The highest BCUT2D eigenvalue weighted by Crippen LogP contribution is 2.35. The molecule has 2 saturated heterocycles. The number of rotatable bonds is 2. The van der Waals surface area contributed by atoms with E-state index in [9.17, 15) is 8.42 Å². The molecule has 0 bridgehead atoms. The van der Waals surface area contributed by atoms with Crippen molar-refractivity contribution >= 4 is 48.8 Å². The van der Waals surface area contributed by atoms with Crippen molar-refractivity contribution < 1.29 is 8.42 Å². The van der Waals surface area contributed by atoms with Crippen LogP contribution in [0, 0.1) is 0 Å². The van der Waals surface area contributed by atoms with Crippen LogP contribution >= 0.6 is 28.1 Å². The van der Waals surface area contributed by atoms with Gasteiger partial charge in [0.15, 0.2) is 14.9 Å². The fraction of sp³-hybridized carbons (Fsp3) is 0.462. The zero-order valence-electron chi connectivity index (χ0n) is 11.0. The molecule has 108 valence electrons. The van der Waals surface area contributed by atoms with E-state index in [2.05, 4.69) is 15.9 Å². The van der Waals surface area contributed by atoms with Gasteiger partial charge in [0.05, 0.1) is 23.6 Å². The molecule has 0 amide bonds. The first-order valence-electron chi connectivity index (χ1n) is 6.49. The van der Waals surface area contributed by atoms with E-state index < -0.39 is 9.84 Å². The summed E-state index contributed by atoms with van der Waals surface area (Å²) in [7, 11) is -2.97. The second-order valence-corrected chi connectivity index (χ2v) is 8.56. The average Bonchev–Trinajstić information content (AvgIpc) is 2.80. The van der Waals surface area contributed by atoms with Crippen molar-refractivity contribution in [2.45, 2.75) is 19.0 Å². The van der Waals surface area contributed by atoms with E-state index >= 15 is 0 Å². The van der Waals surface area contributed by atoms with E-state index in [1.807, 2.05) is 41.0 Å². The largest absolute Gasteiger partial charge is 0.343 e. The molecule has 0 radical (unpaired) electrons. The molecule has 2 aliphatic rings. The van der Waals surface area contributed by atoms with Crippen molar-refractivity contribution in [2.75, 3.05) is 23.0 Å². The molecule has 0 aromatic heterocycles. The molecule has 4 nitrogen and oxygen atoms in total. The summed E-state index contributed by atoms with van der Waals surface area (Å²) in [6.45, 7) is 2.75. The zero-order chi connectivity index (χ0) is 14.5. The standard InChI is InChI=1S/C13H15BrN2O2S2/c1-2-15-11-7-20(17,18)8-12(11)16(13(15)19)10-5-3-9(14)4-6-10/h3-6,11-12H,2,7-8H2,1H3/t11-,12-/m1/s1. The molecule has 0 saturated carbocycles. The summed E-state index contributed by atoms with van der Waals surface area (Å²) in [5, 5.41) is 0.736. The maximum atomic E-state index is 11.9. The van der Waals surface area contributed by atoms with Crippen LogP contribution in [0.3, 0.4) is 0 Å². The topological polar surface area (TPSA) is 40.6 Å². The van der Waals surface area contributed by atoms with Crippen LogP contribution < -0.4 is 4.90 Å². The van der Waals surface area contributed by atoms with Gasteiger partial charge in [-0.2, -0.15) is 0 Å². The SMILES string of the molecule is CCN1C(=S)N(c2ccc(Br)cc2)[C@@H]2CS(=O)(=O)C[C@H]21. The van der Waals surface area contributed by atoms with Gasteiger partial charge in [0.2, 0.25) is 0 Å². The molecule has 3 rings (SSSR count). The zero-order valence-corrected chi connectivity index (χ0v) is 14.2. The molecule has 0 N–H and O–H groups in total. The van der Waals surface area contributed by atoms with E-state index in [0.29, 0.717) is 0 Å². The third-order valence-electron chi connectivity index (χ3n) is 3.92. The van der Waals surface area contributed by atoms with Crippen LogP contribution in [-0.2, 0) is 9.84 Å². The monoisotopic (exact) mass is 374 g/mol. The molecule has 0 unspecified atom stereocenters. The third kappa shape index (κ3) is 2.25. The highest BCUT2D eigenvalue weighted by atomic mass is 79.9. The number of benzene rings is 1. The molecule has 0 aliphatic carbocycles. The maximum Gasteiger partial charge on any atom is 0.176 e. The van der Waals surface area contributed by atoms with Crippen molar-refractivity contribution in [2.24, 2.45) is 0 Å². The first-order valence-corrected chi connectivity index (χ1v) is 9.51. The minimum atomic E-state index is -2.97. The lowest BCUT2D eigenvalue weighted by Gasteiger charge is -2.24. The number of nitrogens with zero attached hydrogens (tertiary/aromatic N) is 2. The summed E-state index contributed by atoms with van der Waals surface area (Å²) in [5.74, 6) is 0.392. The van der Waals surface area contributed by atoms with Gasteiger partial charge in [-0.3, -0.25) is 0 Å². The van der Waals surface area contributed by atoms with E-state index in [-0.39, 0.29) is 23.6 Å². The number of hydrogen-bond acceptors (Lipinski definition) is 3. The van der Waals surface area contributed by atoms with E-state index in [1.54, 1.807) is 0 Å². The third-order valence-corrected chi connectivity index (χ3v) is 6.58. The Morgan fingerprint density at radius 1 is 1.25 bits per heavy atom. The highest BCUT2D eigenvalue weighted by Gasteiger charge is 2.51. The Kier molecular flexibility index (Phi) is 3.54. The summed E-state index contributed by atoms with van der Waals surface area (Å²) in [4.78, 5) is 4.03. The lowest BCUT2D eigenvalue weighted by molar-refractivity contribution is 0.373. The van der Waals surface area contributed by atoms with Crippen molar-refractivity contribution in [1.29, 1.82) is 0 Å². The van der Waals surface area contributed by atoms with E-state index in [0.717, 1.165) is 21.8 Å². The number of hydrogen-bond donors (Lipinski definition) is 0. The lowest BCUT2D eigenvalue weighted by atomic mass is 10.1. The number of likely N-dealkylation sites (N-methyl/N-ethyl adjacent to an activating group) is 1. The minimum absolute atomic E-state index is 0.0128. The summed E-state index contributed by atoms with van der Waals surface area (Å²) in [5.41, 5.74) is 0.959. The minimum Gasteiger partial charge on any atom is -0.343 e. The summed E-state index contributed by atoms with van der Waals surface area (Å²) >= 11 is 8.96. The van der Waals surface area contributed by atoms with Crippen LogP contribution in [0.15, 0.2) is 28.7 Å². The normalized spacial score (nSPS) is 28.0. The second-order valence-electron chi connectivity index (χ2n) is 5.13. The van der Waals surface area contributed by atoms with Crippen molar-refractivity contribution in [1.82, 2.24) is 4.90 Å². The first kappa shape index (κ1) is 14.3. The van der Waals surface area contributed by atoms with E-state index in [4.69, 9.17) is 12.2 Å². The predicted molar refractivity (Wildman–Crippen MR) is 87.8 cm³/mol. The number of fused-ring (bicyclic) bond motifs is 1. The predicted octanol–water partition coefficient (Wildman–Crippen LogP) is 2.04. The highest BCUT2D eigenvalue weighted by molar-refractivity contribution is 9.10. The van der Waals surface area contributed by atoms with Crippen LogP contribution in [-0.4, -0.2) is 48.6 Å². The number of thiocarbonyl (C=S) groups is 1. The molecule has 2 aliphatic heterocycles. The van der Waals surface area contributed by atoms with E-state index in [1.165, 1.54) is 0 Å². The van der Waals surface area contributed by atoms with Crippen molar-refractivity contribution in [3.8, 4) is 0 Å². The van der Waals surface area contributed by atoms with Gasteiger partial charge >= 0.3 is 0 Å². The van der Waals surface area contributed by atoms with Crippen LogP contribution in [0.1, 0.15) is 6.92 Å². The first-order chi connectivity index (χ1) is 9.43. The Morgan fingerprint density at radius 2 is 1.85 bits per heavy atom. The quantitative estimate of drug-likeness (QED) is 0.740. The van der Waals surface area contributed by atoms with Crippen LogP contribution in [0.25, 0.3) is 0 Å². The molecular formula is C13H15BrN2O2S2. The number of anilines is 1. The summed E-state index contributed by atoms with van der Waals surface area (Å²) < 4.78 is 24.9. The molecule has 1 aromatic carbocycles. The lowest BCUT2D eigenvalue weighted by Crippen LogP contribution is -2.37. The van der Waals surface area contributed by atoms with Crippen LogP contribution in [0.2, 0.25) is 0 Å². The summed E-state index contributed by atoms with van der Waals surface area (Å²) in [6, 6.07) is 7.76. The molecule has 1 aromatic rings. The Balaban J connectivity index is 2.01. The Labute approximate surface area is 132 Å². The Bertz CT molecular complexity index is 645. The van der Waals surface area contributed by atoms with Gasteiger partial charge in [-0.25, -0.2) is 8.42 Å². The molecule has 2 atom stereocenters. The molecule has 2 heterocycles. The smallest absolute Gasteiger partial charge is 0.176 e. The second kappa shape index (κ2) is 4.96. The van der Waals surface area contributed by atoms with Gasteiger partial charge in [-0.1, -0.05) is 15.9 Å². The maximum absolute atomic E-state index is 11.9. The molecular weight excluding hydrogens is 360 g/mol. The van der Waals surface area contributed by atoms with Gasteiger partial charge in [0.25, 0.3) is 0 Å². The Hall–Kier alpha value is -0.660. The van der Waals surface area contributed by atoms with Crippen LogP contribution in [0.4, 0.5) is 5.69 Å². The molecule has 2 fully saturated rings. The van der Waals surface area contributed by atoms with Crippen molar-refractivity contribution in [3.05, 3.63) is 28.7 Å². The van der Waals surface area contributed by atoms with Gasteiger partial charge < -0.3 is 9.80 Å². The van der Waals surface area contributed by atoms with Gasteiger partial charge in [0, 0.05) is 16.7 Å². The number of sulfone groups is 1. The summed E-state index contributed by atoms with van der Waals surface area (Å²) in [6.07, 6.45) is 0. The average molecular weight is 375 g/mol. The van der Waals surface area contributed by atoms with Gasteiger partial charge in [0.1, 0.15) is 0 Å². The van der Waals surface area contributed by atoms with Gasteiger partial charge in [-0.15, -0.1) is 0 Å². The molecule has 20 heavy (non-hydrogen) atoms. The molecule has 7 heteroatoms. The van der Waals surface area contributed by atoms with Crippen LogP contribution in [0.5, 0.6) is 0 Å². The number of halogens is 1. The molecule has 0 spiro atoms. The fourth-order valence-corrected chi connectivity index (χ4v) is 5.77. The fourth-order valence-electron chi connectivity index (χ4n) is 3.05.